The molecule has 0 N–H and O–H groups in total. The number of nitrogens with zero attached hydrogens (tertiary/aromatic N) is 1. The molecule has 6 heavy (non-hydrogen) atoms. The van der Waals surface area contributed by atoms with E-state index in [0.29, 0.717) is 0 Å². The van der Waals surface area contributed by atoms with Gasteiger partial charge in [0.15, 0.2) is 0 Å². The smallest absolute Gasteiger partial charge is 0.264 e. The highest BCUT2D eigenvalue weighted by atomic mass is 16.6. The van der Waals surface area contributed by atoms with Crippen molar-refractivity contribution in [2.75, 3.05) is 0 Å². The van der Waals surface area contributed by atoms with Gasteiger partial charge in [0, 0.05) is 11.3 Å². The summed E-state index contributed by atoms with van der Waals surface area (Å²) in [4.78, 5) is 8.80. The SMILES string of the molecule is [CH2]C[CH][N+](=O)[O-]. The highest BCUT2D eigenvalue weighted by molar-refractivity contribution is 4.47. The maximum absolute atomic E-state index is 9.31. The van der Waals surface area contributed by atoms with Gasteiger partial charge < -0.3 is 0 Å². The van der Waals surface area contributed by atoms with E-state index in [-0.39, 0.29) is 6.42 Å². The lowest BCUT2D eigenvalue weighted by molar-refractivity contribution is -0.436. The van der Waals surface area contributed by atoms with Gasteiger partial charge in [-0.1, -0.05) is 0 Å². The van der Waals surface area contributed by atoms with Crippen LogP contribution in [0.25, 0.3) is 0 Å². The van der Waals surface area contributed by atoms with Gasteiger partial charge in [-0.05, 0) is 6.92 Å². The number of hydrogen-bond donors (Lipinski definition) is 0. The summed E-state index contributed by atoms with van der Waals surface area (Å²) < 4.78 is 0. The van der Waals surface area contributed by atoms with Gasteiger partial charge in [-0.3, -0.25) is 10.1 Å². The summed E-state index contributed by atoms with van der Waals surface area (Å²) in [5, 5.41) is 9.31. The lowest BCUT2D eigenvalue weighted by Gasteiger charge is -1.77. The molecular formula is C3H5NO2. The van der Waals surface area contributed by atoms with Crippen molar-refractivity contribution in [2.24, 2.45) is 0 Å². The van der Waals surface area contributed by atoms with Crippen LogP contribution in [-0.2, 0) is 0 Å². The molecule has 3 heteroatoms. The zero-order valence-corrected chi connectivity index (χ0v) is 3.26. The van der Waals surface area contributed by atoms with Gasteiger partial charge in [-0.2, -0.15) is 0 Å². The Morgan fingerprint density at radius 1 is 2.00 bits per heavy atom. The lowest BCUT2D eigenvalue weighted by Crippen LogP contribution is -1.88. The Hall–Kier alpha value is -0.600. The molecule has 0 rings (SSSR count). The van der Waals surface area contributed by atoms with Crippen molar-refractivity contribution in [3.63, 3.8) is 0 Å². The largest absolute Gasteiger partial charge is 0.279 e. The van der Waals surface area contributed by atoms with E-state index in [1.807, 2.05) is 0 Å². The molecule has 3 nitrogen and oxygen atoms in total. The van der Waals surface area contributed by atoms with E-state index in [0.717, 1.165) is 6.54 Å². The maximum Gasteiger partial charge on any atom is 0.279 e. The first-order valence-electron chi connectivity index (χ1n) is 1.53. The molecule has 0 unspecified atom stereocenters. The van der Waals surface area contributed by atoms with Crippen LogP contribution in [-0.4, -0.2) is 4.92 Å². The minimum Gasteiger partial charge on any atom is -0.264 e. The molecule has 0 amide bonds. The van der Waals surface area contributed by atoms with Crippen molar-refractivity contribution in [1.82, 2.24) is 0 Å². The zero-order valence-electron chi connectivity index (χ0n) is 3.26. The monoisotopic (exact) mass is 87.0 g/mol. The molecule has 0 atom stereocenters. The van der Waals surface area contributed by atoms with Crippen molar-refractivity contribution in [3.05, 3.63) is 23.6 Å². The molecule has 0 fully saturated rings. The number of rotatable bonds is 2. The molecule has 34 valence electrons. The summed E-state index contributed by atoms with van der Waals surface area (Å²) in [5.74, 6) is 0. The van der Waals surface area contributed by atoms with E-state index in [2.05, 4.69) is 6.92 Å². The van der Waals surface area contributed by atoms with Crippen LogP contribution in [0, 0.1) is 23.6 Å². The molecule has 0 saturated heterocycles. The Labute approximate surface area is 36.1 Å². The van der Waals surface area contributed by atoms with Crippen molar-refractivity contribution >= 4 is 0 Å². The first-order chi connectivity index (χ1) is 2.77. The molecule has 0 aliphatic rings. The van der Waals surface area contributed by atoms with Crippen LogP contribution in [0.3, 0.4) is 0 Å². The van der Waals surface area contributed by atoms with Crippen LogP contribution < -0.4 is 0 Å². The predicted octanol–water partition coefficient (Wildman–Crippen LogP) is 0.649. The predicted molar refractivity (Wildman–Crippen MR) is 21.3 cm³/mol. The fourth-order valence-electron chi connectivity index (χ4n) is 0.105. The topological polar surface area (TPSA) is 43.1 Å². The molecule has 2 radical (unpaired) electrons. The number of nitro groups is 1. The van der Waals surface area contributed by atoms with Crippen LogP contribution in [0.1, 0.15) is 6.42 Å². The Balaban J connectivity index is 2.83. The molecular weight excluding hydrogens is 82.0 g/mol. The van der Waals surface area contributed by atoms with E-state index in [9.17, 15) is 10.1 Å². The van der Waals surface area contributed by atoms with E-state index in [1.54, 1.807) is 0 Å². The highest BCUT2D eigenvalue weighted by Gasteiger charge is 1.89. The molecule has 0 saturated carbocycles. The summed E-state index contributed by atoms with van der Waals surface area (Å²) in [5.41, 5.74) is 0. The summed E-state index contributed by atoms with van der Waals surface area (Å²) >= 11 is 0. The fraction of sp³-hybridized carbons (Fsp3) is 0.333. The number of hydrogen-bond acceptors (Lipinski definition) is 2. The van der Waals surface area contributed by atoms with Crippen LogP contribution in [0.15, 0.2) is 0 Å². The summed E-state index contributed by atoms with van der Waals surface area (Å²) in [6.45, 7) is 4.13. The standard InChI is InChI=1S/C3H5NO2/c1-2-3-4(5)6/h3H,1-2H2. The summed E-state index contributed by atoms with van der Waals surface area (Å²) in [6.07, 6.45) is 0.257. The first kappa shape index (κ1) is 5.40. The van der Waals surface area contributed by atoms with Gasteiger partial charge in [0.05, 0.1) is 0 Å². The van der Waals surface area contributed by atoms with Gasteiger partial charge in [0.2, 0.25) is 0 Å². The molecule has 0 bridgehead atoms. The quantitative estimate of drug-likeness (QED) is 0.366. The van der Waals surface area contributed by atoms with Gasteiger partial charge >= 0.3 is 0 Å². The van der Waals surface area contributed by atoms with Crippen LogP contribution in [0.4, 0.5) is 0 Å². The second-order valence-corrected chi connectivity index (χ2v) is 0.757. The first-order valence-corrected chi connectivity index (χ1v) is 1.53. The highest BCUT2D eigenvalue weighted by Crippen LogP contribution is 1.80. The van der Waals surface area contributed by atoms with Gasteiger partial charge in [-0.25, -0.2) is 0 Å². The Morgan fingerprint density at radius 2 is 2.50 bits per heavy atom. The average Bonchev–Trinajstić information content (AvgIpc) is 1.35. The second-order valence-electron chi connectivity index (χ2n) is 0.757. The van der Waals surface area contributed by atoms with E-state index >= 15 is 0 Å². The van der Waals surface area contributed by atoms with Gasteiger partial charge in [-0.15, -0.1) is 0 Å². The third-order valence-corrected chi connectivity index (χ3v) is 0.278. The van der Waals surface area contributed by atoms with Crippen LogP contribution >= 0.6 is 0 Å². The van der Waals surface area contributed by atoms with Crippen molar-refractivity contribution in [3.8, 4) is 0 Å². The van der Waals surface area contributed by atoms with Crippen molar-refractivity contribution < 1.29 is 4.92 Å². The minimum absolute atomic E-state index is 0.257. The fourth-order valence-corrected chi connectivity index (χ4v) is 0.105. The molecule has 0 aromatic heterocycles. The second kappa shape index (κ2) is 2.63. The van der Waals surface area contributed by atoms with E-state index in [4.69, 9.17) is 0 Å². The van der Waals surface area contributed by atoms with Crippen LogP contribution in [0.5, 0.6) is 0 Å². The minimum atomic E-state index is -0.507. The van der Waals surface area contributed by atoms with Crippen molar-refractivity contribution in [1.29, 1.82) is 0 Å². The third-order valence-electron chi connectivity index (χ3n) is 0.278. The lowest BCUT2D eigenvalue weighted by atomic mass is 10.5. The molecule has 0 aromatic rings. The Bertz CT molecular complexity index is 52.8. The average molecular weight is 87.1 g/mol. The Morgan fingerprint density at radius 3 is 2.50 bits per heavy atom. The van der Waals surface area contributed by atoms with Gasteiger partial charge in [0.25, 0.3) is 6.54 Å². The maximum atomic E-state index is 9.31. The third kappa shape index (κ3) is 3.40. The molecule has 0 aliphatic carbocycles. The van der Waals surface area contributed by atoms with Gasteiger partial charge in [0.1, 0.15) is 0 Å². The normalized spacial score (nSPS) is 8.17. The van der Waals surface area contributed by atoms with E-state index < -0.39 is 4.92 Å². The summed E-state index contributed by atoms with van der Waals surface area (Å²) in [6, 6.07) is 0. The van der Waals surface area contributed by atoms with Crippen molar-refractivity contribution in [2.45, 2.75) is 6.42 Å². The van der Waals surface area contributed by atoms with E-state index in [1.165, 1.54) is 0 Å². The van der Waals surface area contributed by atoms with Crippen LogP contribution in [0.2, 0.25) is 0 Å². The Kier molecular flexibility index (Phi) is 2.36. The summed E-state index contributed by atoms with van der Waals surface area (Å²) in [7, 11) is 0. The zero-order chi connectivity index (χ0) is 4.99. The molecule has 0 spiro atoms. The molecule has 0 aromatic carbocycles. The molecule has 0 aliphatic heterocycles. The molecule has 0 heterocycles.